The molecule has 0 spiro atoms. The quantitative estimate of drug-likeness (QED) is 0.775. The monoisotopic (exact) mass is 366 g/mol. The first-order valence-electron chi connectivity index (χ1n) is 5.91. The molecule has 0 aliphatic carbocycles. The van der Waals surface area contributed by atoms with Crippen LogP contribution in [0.5, 0.6) is 0 Å². The zero-order valence-corrected chi connectivity index (χ0v) is 13.9. The van der Waals surface area contributed by atoms with Crippen LogP contribution in [0.15, 0.2) is 22.7 Å². The highest BCUT2D eigenvalue weighted by atomic mass is 79.9. The third-order valence-corrected chi connectivity index (χ3v) is 3.43. The van der Waals surface area contributed by atoms with Gasteiger partial charge in [0.1, 0.15) is 0 Å². The predicted molar refractivity (Wildman–Crippen MR) is 85.2 cm³/mol. The van der Waals surface area contributed by atoms with Crippen LogP contribution in [0, 0.1) is 0 Å². The van der Waals surface area contributed by atoms with Crippen molar-refractivity contribution >= 4 is 39.9 Å². The molecule has 1 rings (SSSR count). The van der Waals surface area contributed by atoms with E-state index >= 15 is 0 Å². The Balaban J connectivity index is 0.00000361. The van der Waals surface area contributed by atoms with Gasteiger partial charge in [-0.25, -0.2) is 0 Å². The van der Waals surface area contributed by atoms with Gasteiger partial charge in [0.2, 0.25) is 5.91 Å². The summed E-state index contributed by atoms with van der Waals surface area (Å²) in [5.41, 5.74) is 7.13. The normalized spacial score (nSPS) is 11.6. The van der Waals surface area contributed by atoms with Crippen molar-refractivity contribution < 1.29 is 14.3 Å². The molecule has 0 bridgehead atoms. The fourth-order valence-corrected chi connectivity index (χ4v) is 2.12. The molecule has 0 aliphatic heterocycles. The molecule has 0 saturated carbocycles. The summed E-state index contributed by atoms with van der Waals surface area (Å²) in [6, 6.07) is 5.60. The van der Waals surface area contributed by atoms with Gasteiger partial charge in [0, 0.05) is 36.5 Å². The van der Waals surface area contributed by atoms with E-state index in [1.807, 2.05) is 18.2 Å². The molecule has 0 fully saturated rings. The summed E-state index contributed by atoms with van der Waals surface area (Å²) >= 11 is 3.44. The average molecular weight is 368 g/mol. The summed E-state index contributed by atoms with van der Waals surface area (Å²) in [5, 5.41) is 2.85. The first kappa shape index (κ1) is 19.3. The number of nitrogens with two attached hydrogens (primary N) is 1. The van der Waals surface area contributed by atoms with Crippen molar-refractivity contribution in [1.29, 1.82) is 0 Å². The van der Waals surface area contributed by atoms with Crippen molar-refractivity contribution in [2.24, 2.45) is 5.73 Å². The summed E-state index contributed by atoms with van der Waals surface area (Å²) in [7, 11) is 3.15. The molecule has 0 radical (unpaired) electrons. The molecule has 1 aromatic carbocycles. The van der Waals surface area contributed by atoms with Crippen LogP contribution in [0.3, 0.4) is 0 Å². The van der Waals surface area contributed by atoms with E-state index in [0.717, 1.165) is 15.7 Å². The van der Waals surface area contributed by atoms with Crippen LogP contribution in [0.25, 0.3) is 0 Å². The summed E-state index contributed by atoms with van der Waals surface area (Å²) in [6.45, 7) is 0.731. The molecule has 0 saturated heterocycles. The number of benzene rings is 1. The van der Waals surface area contributed by atoms with Crippen LogP contribution in [-0.4, -0.2) is 32.8 Å². The molecule has 1 atom stereocenters. The van der Waals surface area contributed by atoms with Crippen molar-refractivity contribution in [1.82, 2.24) is 0 Å². The molecule has 0 aliphatic rings. The number of nitrogens with one attached hydrogen (secondary N) is 1. The van der Waals surface area contributed by atoms with E-state index in [0.29, 0.717) is 13.2 Å². The summed E-state index contributed by atoms with van der Waals surface area (Å²) < 4.78 is 11.1. The van der Waals surface area contributed by atoms with Gasteiger partial charge in [-0.2, -0.15) is 0 Å². The van der Waals surface area contributed by atoms with Gasteiger partial charge in [-0.3, -0.25) is 4.79 Å². The minimum absolute atomic E-state index is 0. The third-order valence-electron chi connectivity index (χ3n) is 2.69. The molecule has 20 heavy (non-hydrogen) atoms. The smallest absolute Gasteiger partial charge is 0.227 e. The van der Waals surface area contributed by atoms with Gasteiger partial charge in [0.25, 0.3) is 0 Å². The van der Waals surface area contributed by atoms with Crippen LogP contribution in [-0.2, 0) is 20.9 Å². The van der Waals surface area contributed by atoms with Gasteiger partial charge in [-0.1, -0.05) is 22.0 Å². The molecule has 0 aromatic heterocycles. The topological polar surface area (TPSA) is 73.6 Å². The number of hydrogen-bond donors (Lipinski definition) is 2. The number of carbonyl (C=O) groups is 1. The molecule has 0 heterocycles. The fourth-order valence-electron chi connectivity index (χ4n) is 1.64. The molecular formula is C13H20BrClN2O3. The first-order valence-corrected chi connectivity index (χ1v) is 6.70. The molecule has 5 nitrogen and oxygen atoms in total. The van der Waals surface area contributed by atoms with Gasteiger partial charge >= 0.3 is 0 Å². The lowest BCUT2D eigenvalue weighted by Crippen LogP contribution is -2.28. The highest BCUT2D eigenvalue weighted by molar-refractivity contribution is 9.10. The Morgan fingerprint density at radius 1 is 1.45 bits per heavy atom. The lowest BCUT2D eigenvalue weighted by atomic mass is 10.1. The van der Waals surface area contributed by atoms with Gasteiger partial charge in [-0.05, 0) is 12.1 Å². The number of hydrogen-bond acceptors (Lipinski definition) is 4. The molecule has 7 heteroatoms. The van der Waals surface area contributed by atoms with Crippen molar-refractivity contribution in [3.63, 3.8) is 0 Å². The minimum atomic E-state index is -0.266. The van der Waals surface area contributed by atoms with Crippen molar-refractivity contribution in [3.05, 3.63) is 28.2 Å². The highest BCUT2D eigenvalue weighted by Crippen LogP contribution is 2.25. The molecule has 1 aromatic rings. The average Bonchev–Trinajstić information content (AvgIpc) is 2.40. The van der Waals surface area contributed by atoms with Crippen LogP contribution in [0.1, 0.15) is 12.0 Å². The number of carbonyl (C=O) groups excluding carboxylic acids is 1. The van der Waals surface area contributed by atoms with E-state index in [2.05, 4.69) is 21.2 Å². The van der Waals surface area contributed by atoms with E-state index in [1.165, 1.54) is 0 Å². The van der Waals surface area contributed by atoms with Crippen LogP contribution in [0.2, 0.25) is 0 Å². The van der Waals surface area contributed by atoms with E-state index < -0.39 is 0 Å². The number of halogens is 2. The van der Waals surface area contributed by atoms with Crippen molar-refractivity contribution in [2.45, 2.75) is 19.1 Å². The number of anilines is 1. The minimum Gasteiger partial charge on any atom is -0.380 e. The maximum atomic E-state index is 11.9. The Morgan fingerprint density at radius 2 is 2.15 bits per heavy atom. The highest BCUT2D eigenvalue weighted by Gasteiger charge is 2.14. The first-order chi connectivity index (χ1) is 9.12. The second-order valence-corrected chi connectivity index (χ2v) is 4.90. The second kappa shape index (κ2) is 10.1. The van der Waals surface area contributed by atoms with Crippen LogP contribution < -0.4 is 11.1 Å². The fraction of sp³-hybridized carbons (Fsp3) is 0.462. The Bertz CT molecular complexity index is 428. The Labute approximate surface area is 133 Å². The second-order valence-electron chi connectivity index (χ2n) is 4.04. The summed E-state index contributed by atoms with van der Waals surface area (Å²) in [5.74, 6) is -0.132. The Morgan fingerprint density at radius 3 is 2.70 bits per heavy atom. The third kappa shape index (κ3) is 5.76. The van der Waals surface area contributed by atoms with E-state index in [-0.39, 0.29) is 30.8 Å². The van der Waals surface area contributed by atoms with Gasteiger partial charge in [0.15, 0.2) is 0 Å². The van der Waals surface area contributed by atoms with Crippen molar-refractivity contribution in [2.75, 3.05) is 26.1 Å². The molecule has 1 amide bonds. The number of rotatable bonds is 7. The number of ether oxygens (including phenoxy) is 2. The molecule has 114 valence electrons. The number of amides is 1. The van der Waals surface area contributed by atoms with E-state index in [1.54, 1.807) is 14.2 Å². The zero-order valence-electron chi connectivity index (χ0n) is 11.5. The molecule has 3 N–H and O–H groups in total. The van der Waals surface area contributed by atoms with E-state index in [4.69, 9.17) is 15.2 Å². The van der Waals surface area contributed by atoms with Gasteiger partial charge in [0.05, 0.1) is 19.1 Å². The van der Waals surface area contributed by atoms with Crippen molar-refractivity contribution in [3.8, 4) is 0 Å². The SMILES string of the molecule is COCc1c(Br)cccc1NC(=O)CC(CN)OC.Cl. The largest absolute Gasteiger partial charge is 0.380 e. The van der Waals surface area contributed by atoms with E-state index in [9.17, 15) is 4.79 Å². The number of methoxy groups -OCH3 is 2. The lowest BCUT2D eigenvalue weighted by molar-refractivity contribution is -0.118. The van der Waals surface area contributed by atoms with Gasteiger partial charge < -0.3 is 20.5 Å². The lowest BCUT2D eigenvalue weighted by Gasteiger charge is -2.15. The maximum Gasteiger partial charge on any atom is 0.227 e. The Hall–Kier alpha value is -0.660. The maximum absolute atomic E-state index is 11.9. The molecule has 1 unspecified atom stereocenters. The predicted octanol–water partition coefficient (Wildman–Crippen LogP) is 2.32. The summed E-state index contributed by atoms with van der Waals surface area (Å²) in [4.78, 5) is 11.9. The van der Waals surface area contributed by atoms with Crippen LogP contribution >= 0.6 is 28.3 Å². The Kier molecular flexibility index (Phi) is 9.79. The summed E-state index contributed by atoms with van der Waals surface area (Å²) in [6.07, 6.45) is -0.0376. The van der Waals surface area contributed by atoms with Gasteiger partial charge in [-0.15, -0.1) is 12.4 Å². The zero-order chi connectivity index (χ0) is 14.3. The molecular weight excluding hydrogens is 348 g/mol. The van der Waals surface area contributed by atoms with Crippen LogP contribution in [0.4, 0.5) is 5.69 Å². The standard InChI is InChI=1S/C13H19BrN2O3.ClH/c1-18-8-10-11(14)4-3-5-12(10)16-13(17)6-9(7-15)19-2;/h3-5,9H,6-8,15H2,1-2H3,(H,16,17);1H.